The first kappa shape index (κ1) is 24.5. The molecule has 0 aliphatic rings. The highest BCUT2D eigenvalue weighted by atomic mass is 32.3. The summed E-state index contributed by atoms with van der Waals surface area (Å²) >= 11 is 0. The predicted octanol–water partition coefficient (Wildman–Crippen LogP) is 2.23. The molecular formula is C9H7F9O6S2. The van der Waals surface area contributed by atoms with Gasteiger partial charge in [0.1, 0.15) is 0 Å². The van der Waals surface area contributed by atoms with Crippen molar-refractivity contribution in [3.05, 3.63) is 12.7 Å². The molecule has 0 N–H and O–H groups in total. The average Bonchev–Trinajstić information content (AvgIpc) is 2.38. The lowest BCUT2D eigenvalue weighted by molar-refractivity contribution is -0.219. The van der Waals surface area contributed by atoms with Gasteiger partial charge >= 0.3 is 23.2 Å². The van der Waals surface area contributed by atoms with Crippen LogP contribution < -0.4 is 0 Å². The van der Waals surface area contributed by atoms with Crippen LogP contribution in [0, 0.1) is 0 Å². The van der Waals surface area contributed by atoms with Crippen molar-refractivity contribution in [3.8, 4) is 0 Å². The molecule has 0 heterocycles. The molecule has 0 aliphatic carbocycles. The number of halogens is 9. The minimum atomic E-state index is -7.30. The van der Waals surface area contributed by atoms with Crippen molar-refractivity contribution in [2.24, 2.45) is 0 Å². The van der Waals surface area contributed by atoms with Gasteiger partial charge in [-0.25, -0.2) is 21.6 Å². The van der Waals surface area contributed by atoms with Crippen LogP contribution in [0.2, 0.25) is 0 Å². The summed E-state index contributed by atoms with van der Waals surface area (Å²) in [7, 11) is -14.6. The summed E-state index contributed by atoms with van der Waals surface area (Å²) in [4.78, 5) is 10.8. The van der Waals surface area contributed by atoms with Crippen molar-refractivity contribution < 1.29 is 65.9 Å². The number of hydrogen-bond acceptors (Lipinski definition) is 6. The van der Waals surface area contributed by atoms with E-state index in [2.05, 4.69) is 11.3 Å². The molecule has 0 aromatic heterocycles. The van der Waals surface area contributed by atoms with Crippen molar-refractivity contribution in [2.45, 2.75) is 34.3 Å². The molecule has 0 bridgehead atoms. The number of carbonyl (C=O) groups is 1. The highest BCUT2D eigenvalue weighted by molar-refractivity contribution is 8.09. The zero-order valence-corrected chi connectivity index (χ0v) is 13.4. The van der Waals surface area contributed by atoms with Gasteiger partial charge in [0, 0.05) is 12.5 Å². The topological polar surface area (TPSA) is 94.6 Å². The van der Waals surface area contributed by atoms with E-state index in [0.29, 0.717) is 0 Å². The second-order valence-corrected chi connectivity index (χ2v) is 8.86. The fourth-order valence-corrected chi connectivity index (χ4v) is 4.77. The fourth-order valence-electron chi connectivity index (χ4n) is 1.33. The highest BCUT2D eigenvalue weighted by Crippen LogP contribution is 2.40. The first-order valence-corrected chi connectivity index (χ1v) is 8.79. The second-order valence-electron chi connectivity index (χ2n) is 4.32. The van der Waals surface area contributed by atoms with Crippen molar-refractivity contribution in [1.29, 1.82) is 0 Å². The molecule has 0 amide bonds. The smallest absolute Gasteiger partial charge is 0.449 e. The van der Waals surface area contributed by atoms with Crippen LogP contribution in [-0.4, -0.2) is 50.7 Å². The SMILES string of the molecule is C=CC(=O)OC(CC(S(=O)(=O)C(F)(F)F)S(=O)(=O)C(F)(F)F)C(F)(F)F. The van der Waals surface area contributed by atoms with Crippen LogP contribution >= 0.6 is 0 Å². The van der Waals surface area contributed by atoms with Gasteiger partial charge in [0.05, 0.1) is 0 Å². The van der Waals surface area contributed by atoms with E-state index in [1.807, 2.05) is 0 Å². The lowest BCUT2D eigenvalue weighted by Gasteiger charge is -2.26. The Balaban J connectivity index is 6.45. The van der Waals surface area contributed by atoms with Crippen molar-refractivity contribution >= 4 is 25.6 Å². The van der Waals surface area contributed by atoms with Crippen LogP contribution in [0.3, 0.4) is 0 Å². The molecule has 0 saturated heterocycles. The van der Waals surface area contributed by atoms with Crippen LogP contribution in [0.4, 0.5) is 39.5 Å². The minimum absolute atomic E-state index is 0.0320. The van der Waals surface area contributed by atoms with Crippen molar-refractivity contribution in [1.82, 2.24) is 0 Å². The van der Waals surface area contributed by atoms with Gasteiger partial charge in [-0.05, 0) is 0 Å². The van der Waals surface area contributed by atoms with E-state index in [4.69, 9.17) is 0 Å². The Hall–Kier alpha value is -1.52. The lowest BCUT2D eigenvalue weighted by atomic mass is 10.2. The maximum Gasteiger partial charge on any atom is 0.498 e. The molecule has 0 fully saturated rings. The number of ether oxygens (including phenoxy) is 1. The number of sulfone groups is 2. The minimum Gasteiger partial charge on any atom is -0.449 e. The molecule has 0 aromatic rings. The molecule has 0 aliphatic heterocycles. The van der Waals surface area contributed by atoms with Crippen LogP contribution in [-0.2, 0) is 29.2 Å². The van der Waals surface area contributed by atoms with Gasteiger partial charge in [0.25, 0.3) is 19.7 Å². The Morgan fingerprint density at radius 1 is 0.885 bits per heavy atom. The van der Waals surface area contributed by atoms with E-state index >= 15 is 0 Å². The maximum absolute atomic E-state index is 12.7. The Kier molecular flexibility index (Phi) is 6.82. The predicted molar refractivity (Wildman–Crippen MR) is 64.5 cm³/mol. The number of esters is 1. The van der Waals surface area contributed by atoms with E-state index in [-0.39, 0.29) is 6.08 Å². The zero-order valence-electron chi connectivity index (χ0n) is 11.8. The summed E-state index contributed by atoms with van der Waals surface area (Å²) in [6, 6.07) is 0. The van der Waals surface area contributed by atoms with E-state index in [9.17, 15) is 61.1 Å². The third-order valence-electron chi connectivity index (χ3n) is 2.53. The average molecular weight is 446 g/mol. The van der Waals surface area contributed by atoms with E-state index in [1.165, 1.54) is 0 Å². The summed E-state index contributed by atoms with van der Waals surface area (Å²) in [5, 5.41) is 0. The Bertz CT molecular complexity index is 700. The van der Waals surface area contributed by atoms with E-state index in [1.54, 1.807) is 0 Å². The standard InChI is InChI=1S/C9H7F9O6S2/c1-2-5(19)24-4(7(10,11)12)3-6(25(20,21)8(13,14)15)26(22,23)9(16,17)18/h2,4,6H,1,3H2. The molecule has 6 nitrogen and oxygen atoms in total. The van der Waals surface area contributed by atoms with Crippen LogP contribution in [0.25, 0.3) is 0 Å². The van der Waals surface area contributed by atoms with Gasteiger partial charge in [0.2, 0.25) is 0 Å². The molecular weight excluding hydrogens is 439 g/mol. The van der Waals surface area contributed by atoms with E-state index in [0.717, 1.165) is 0 Å². The number of rotatable bonds is 6. The summed E-state index contributed by atoms with van der Waals surface area (Å²) in [5.41, 5.74) is -13.3. The van der Waals surface area contributed by atoms with Gasteiger partial charge < -0.3 is 4.74 Å². The normalized spacial score (nSPS) is 15.6. The van der Waals surface area contributed by atoms with Gasteiger partial charge in [-0.3, -0.25) is 0 Å². The summed E-state index contributed by atoms with van der Waals surface area (Å²) < 4.78 is 156. The Labute approximate surface area is 139 Å². The quantitative estimate of drug-likeness (QED) is 0.353. The van der Waals surface area contributed by atoms with Crippen LogP contribution in [0.5, 0.6) is 0 Å². The monoisotopic (exact) mass is 446 g/mol. The summed E-state index contributed by atoms with van der Waals surface area (Å²) in [5.74, 6) is -2.00. The zero-order chi connectivity index (χ0) is 21.4. The fraction of sp³-hybridized carbons (Fsp3) is 0.667. The van der Waals surface area contributed by atoms with Crippen molar-refractivity contribution in [3.63, 3.8) is 0 Å². The van der Waals surface area contributed by atoms with Gasteiger partial charge in [-0.15, -0.1) is 0 Å². The third kappa shape index (κ3) is 5.24. The summed E-state index contributed by atoms with van der Waals surface area (Å²) in [6.45, 7) is 2.61. The number of carbonyl (C=O) groups excluding carboxylic acids is 1. The van der Waals surface area contributed by atoms with Gasteiger partial charge in [-0.2, -0.15) is 39.5 Å². The van der Waals surface area contributed by atoms with E-state index < -0.39 is 59.9 Å². The number of alkyl halides is 9. The molecule has 1 unspecified atom stereocenters. The van der Waals surface area contributed by atoms with Crippen LogP contribution in [0.15, 0.2) is 12.7 Å². The molecule has 17 heteroatoms. The molecule has 0 aromatic carbocycles. The molecule has 26 heavy (non-hydrogen) atoms. The Morgan fingerprint density at radius 3 is 1.46 bits per heavy atom. The molecule has 1 atom stereocenters. The number of hydrogen-bond donors (Lipinski definition) is 0. The van der Waals surface area contributed by atoms with Crippen molar-refractivity contribution in [2.75, 3.05) is 0 Å². The van der Waals surface area contributed by atoms with Crippen LogP contribution in [0.1, 0.15) is 6.42 Å². The first-order valence-electron chi connectivity index (χ1n) is 5.69. The van der Waals surface area contributed by atoms with Gasteiger partial charge in [-0.1, -0.05) is 6.58 Å². The van der Waals surface area contributed by atoms with Gasteiger partial charge in [0.15, 0.2) is 10.7 Å². The molecule has 0 rings (SSSR count). The molecule has 0 saturated carbocycles. The first-order chi connectivity index (χ1) is 11.2. The largest absolute Gasteiger partial charge is 0.498 e. The summed E-state index contributed by atoms with van der Waals surface area (Å²) in [6.07, 6.45) is -12.7. The lowest BCUT2D eigenvalue weighted by Crippen LogP contribution is -2.49. The molecule has 0 radical (unpaired) electrons. The Morgan fingerprint density at radius 2 is 1.23 bits per heavy atom. The molecule has 154 valence electrons. The second kappa shape index (κ2) is 7.24. The highest BCUT2D eigenvalue weighted by Gasteiger charge is 2.64. The molecule has 0 spiro atoms. The maximum atomic E-state index is 12.7. The third-order valence-corrected chi connectivity index (χ3v) is 7.11.